The van der Waals surface area contributed by atoms with Crippen molar-refractivity contribution in [3.05, 3.63) is 90.0 Å². The number of aromatic amines is 1. The van der Waals surface area contributed by atoms with Crippen molar-refractivity contribution in [2.75, 3.05) is 7.11 Å². The molecular formula is C29H36N6O5. The van der Waals surface area contributed by atoms with Gasteiger partial charge in [0.05, 0.1) is 25.7 Å². The monoisotopic (exact) mass is 548 g/mol. The zero-order valence-corrected chi connectivity index (χ0v) is 23.2. The Morgan fingerprint density at radius 3 is 2.10 bits per heavy atom. The molecule has 0 aliphatic rings. The van der Waals surface area contributed by atoms with Crippen LogP contribution in [0.25, 0.3) is 0 Å². The molecule has 0 aliphatic carbocycles. The fraction of sp³-hybridized carbons (Fsp3) is 0.345. The Morgan fingerprint density at radius 1 is 0.975 bits per heavy atom. The molecule has 0 saturated carbocycles. The molecule has 212 valence electrons. The molecule has 0 aliphatic heterocycles. The minimum absolute atomic E-state index is 0.0303. The number of rotatable bonds is 10. The topological polar surface area (TPSA) is 151 Å². The van der Waals surface area contributed by atoms with Crippen molar-refractivity contribution < 1.29 is 23.9 Å². The Kier molecular flexibility index (Phi) is 10.2. The molecule has 0 fully saturated rings. The van der Waals surface area contributed by atoms with Crippen molar-refractivity contribution in [3.63, 3.8) is 0 Å². The van der Waals surface area contributed by atoms with E-state index in [-0.39, 0.29) is 19.4 Å². The molecule has 11 nitrogen and oxygen atoms in total. The van der Waals surface area contributed by atoms with Gasteiger partial charge in [-0.2, -0.15) is 0 Å². The summed E-state index contributed by atoms with van der Waals surface area (Å²) in [5, 5.41) is 3.64. The number of hydrazine groups is 1. The zero-order valence-electron chi connectivity index (χ0n) is 23.2. The first kappa shape index (κ1) is 30.0. The number of esters is 1. The third kappa shape index (κ3) is 8.00. The van der Waals surface area contributed by atoms with Gasteiger partial charge in [0, 0.05) is 24.5 Å². The molecule has 3 aromatic rings. The maximum Gasteiger partial charge on any atom is 0.342 e. The number of hydrogen-bond donors (Lipinski definition) is 3. The smallest absolute Gasteiger partial charge is 0.342 e. The molecule has 0 unspecified atom stereocenters. The lowest BCUT2D eigenvalue weighted by Gasteiger charge is -2.34. The van der Waals surface area contributed by atoms with Gasteiger partial charge in [0.25, 0.3) is 5.91 Å². The molecule has 0 bridgehead atoms. The Morgan fingerprint density at radius 2 is 1.57 bits per heavy atom. The number of carbonyl (C=O) groups excluding carboxylic acids is 4. The van der Waals surface area contributed by atoms with Gasteiger partial charge in [0.15, 0.2) is 0 Å². The molecule has 3 rings (SSSR count). The summed E-state index contributed by atoms with van der Waals surface area (Å²) < 4.78 is 5.00. The predicted molar refractivity (Wildman–Crippen MR) is 148 cm³/mol. The van der Waals surface area contributed by atoms with Crippen molar-refractivity contribution in [2.45, 2.75) is 52.2 Å². The molecule has 4 amide bonds. The summed E-state index contributed by atoms with van der Waals surface area (Å²) in [6, 6.07) is 14.5. The van der Waals surface area contributed by atoms with E-state index >= 15 is 0 Å². The van der Waals surface area contributed by atoms with Crippen LogP contribution >= 0.6 is 0 Å². The van der Waals surface area contributed by atoms with E-state index < -0.39 is 41.3 Å². The highest BCUT2D eigenvalue weighted by molar-refractivity contribution is 6.02. The third-order valence-corrected chi connectivity index (χ3v) is 6.19. The van der Waals surface area contributed by atoms with Crippen molar-refractivity contribution in [2.24, 2.45) is 11.3 Å². The van der Waals surface area contributed by atoms with Gasteiger partial charge in [0.2, 0.25) is 5.91 Å². The van der Waals surface area contributed by atoms with E-state index in [1.54, 1.807) is 51.2 Å². The summed E-state index contributed by atoms with van der Waals surface area (Å²) in [6.07, 6.45) is 2.92. The first-order valence-corrected chi connectivity index (χ1v) is 12.8. The Balaban J connectivity index is 2.05. The van der Waals surface area contributed by atoms with E-state index in [1.165, 1.54) is 13.4 Å². The summed E-state index contributed by atoms with van der Waals surface area (Å²) in [4.78, 5) is 62.0. The lowest BCUT2D eigenvalue weighted by Crippen LogP contribution is -2.61. The average molecular weight is 549 g/mol. The van der Waals surface area contributed by atoms with Crippen LogP contribution < -0.4 is 11.2 Å². The van der Waals surface area contributed by atoms with Gasteiger partial charge in [0.1, 0.15) is 12.1 Å². The van der Waals surface area contributed by atoms with E-state index in [0.29, 0.717) is 5.69 Å². The SMILES string of the molecule is COC(=O)[C@H](Cc1c[nH]cn1)N(C(=O)[C@H](Cc1ccccc1)NC(=O)C(C)(C)C)C(=O)N(N)Cc1ccccc1. The molecule has 11 heteroatoms. The van der Waals surface area contributed by atoms with Crippen molar-refractivity contribution >= 4 is 23.8 Å². The summed E-state index contributed by atoms with van der Waals surface area (Å²) in [5.41, 5.74) is 1.06. The van der Waals surface area contributed by atoms with E-state index in [1.807, 2.05) is 36.4 Å². The lowest BCUT2D eigenvalue weighted by molar-refractivity contribution is -0.152. The quantitative estimate of drug-likeness (QED) is 0.152. The summed E-state index contributed by atoms with van der Waals surface area (Å²) in [7, 11) is 1.17. The number of nitrogens with one attached hydrogen (secondary N) is 2. The standard InChI is InChI=1S/C29H36N6O5/c1-29(2,3)27(38)33-23(15-20-11-7-5-8-12-20)25(36)35(24(26(37)40-4)16-22-17-31-19-32-22)28(39)34(30)18-21-13-9-6-10-14-21/h5-14,17,19,23-24H,15-16,18,30H2,1-4H3,(H,31,32)(H,33,38)/t23-,24-/m0/s1. The fourth-order valence-electron chi connectivity index (χ4n) is 3.98. The molecule has 40 heavy (non-hydrogen) atoms. The first-order valence-electron chi connectivity index (χ1n) is 12.8. The van der Waals surface area contributed by atoms with Gasteiger partial charge in [-0.05, 0) is 11.1 Å². The van der Waals surface area contributed by atoms with Gasteiger partial charge in [-0.3, -0.25) is 14.6 Å². The lowest BCUT2D eigenvalue weighted by atomic mass is 9.94. The number of nitrogens with two attached hydrogens (primary N) is 1. The molecule has 2 aromatic carbocycles. The van der Waals surface area contributed by atoms with E-state index in [2.05, 4.69) is 15.3 Å². The molecule has 1 aromatic heterocycles. The van der Waals surface area contributed by atoms with Crippen molar-refractivity contribution in [3.8, 4) is 0 Å². The Hall–Kier alpha value is -4.51. The molecule has 1 heterocycles. The number of H-pyrrole nitrogens is 1. The highest BCUT2D eigenvalue weighted by atomic mass is 16.5. The highest BCUT2D eigenvalue weighted by Gasteiger charge is 2.42. The van der Waals surface area contributed by atoms with Crippen molar-refractivity contribution in [1.82, 2.24) is 25.2 Å². The Bertz CT molecular complexity index is 1280. The van der Waals surface area contributed by atoms with Crippen LogP contribution in [0, 0.1) is 5.41 Å². The van der Waals surface area contributed by atoms with Gasteiger partial charge in [-0.15, -0.1) is 0 Å². The highest BCUT2D eigenvalue weighted by Crippen LogP contribution is 2.19. The van der Waals surface area contributed by atoms with Gasteiger partial charge >= 0.3 is 12.0 Å². The number of methoxy groups -OCH3 is 1. The number of aromatic nitrogens is 2. The minimum atomic E-state index is -1.40. The molecule has 0 saturated heterocycles. The van der Waals surface area contributed by atoms with E-state index in [9.17, 15) is 19.2 Å². The maximum atomic E-state index is 14.3. The second kappa shape index (κ2) is 13.5. The summed E-state index contributed by atoms with van der Waals surface area (Å²) in [6.45, 7) is 5.11. The van der Waals surface area contributed by atoms with Crippen LogP contribution in [0.5, 0.6) is 0 Å². The first-order chi connectivity index (χ1) is 19.0. The van der Waals surface area contributed by atoms with Crippen LogP contribution in [0.15, 0.2) is 73.2 Å². The number of nitrogens with zero attached hydrogens (tertiary/aromatic N) is 3. The maximum absolute atomic E-state index is 14.3. The second-order valence-corrected chi connectivity index (χ2v) is 10.4. The third-order valence-electron chi connectivity index (χ3n) is 6.19. The van der Waals surface area contributed by atoms with Gasteiger partial charge in [-0.25, -0.2) is 25.3 Å². The molecule has 0 radical (unpaired) electrons. The number of urea groups is 1. The number of benzene rings is 2. The van der Waals surface area contributed by atoms with Crippen molar-refractivity contribution in [1.29, 1.82) is 0 Å². The average Bonchev–Trinajstić information content (AvgIpc) is 3.45. The second-order valence-electron chi connectivity index (χ2n) is 10.4. The zero-order chi connectivity index (χ0) is 29.3. The largest absolute Gasteiger partial charge is 0.467 e. The predicted octanol–water partition coefficient (Wildman–Crippen LogP) is 2.59. The number of ether oxygens (including phenoxy) is 1. The number of carbonyl (C=O) groups is 4. The fourth-order valence-corrected chi connectivity index (χ4v) is 3.98. The molecular weight excluding hydrogens is 512 g/mol. The number of imide groups is 1. The summed E-state index contributed by atoms with van der Waals surface area (Å²) in [5.74, 6) is 4.15. The summed E-state index contributed by atoms with van der Waals surface area (Å²) >= 11 is 0. The number of amides is 4. The number of imidazole rings is 1. The molecule has 0 spiro atoms. The van der Waals surface area contributed by atoms with Crippen LogP contribution in [0.2, 0.25) is 0 Å². The Labute approximate surface area is 233 Å². The van der Waals surface area contributed by atoms with Crippen LogP contribution in [0.4, 0.5) is 4.79 Å². The number of hydrogen-bond acceptors (Lipinski definition) is 7. The van der Waals surface area contributed by atoms with Crippen LogP contribution in [0.1, 0.15) is 37.6 Å². The molecule has 2 atom stereocenters. The minimum Gasteiger partial charge on any atom is -0.467 e. The van der Waals surface area contributed by atoms with E-state index in [4.69, 9.17) is 10.6 Å². The molecule has 4 N–H and O–H groups in total. The normalized spacial score (nSPS) is 12.6. The van der Waals surface area contributed by atoms with Gasteiger partial charge in [-0.1, -0.05) is 81.4 Å². The van der Waals surface area contributed by atoms with Gasteiger partial charge < -0.3 is 15.0 Å². The van der Waals surface area contributed by atoms with Crippen LogP contribution in [0.3, 0.4) is 0 Å². The van der Waals surface area contributed by atoms with E-state index in [0.717, 1.165) is 21.0 Å². The van der Waals surface area contributed by atoms with Crippen LogP contribution in [-0.2, 0) is 38.5 Å². The van der Waals surface area contributed by atoms with Crippen LogP contribution in [-0.4, -0.2) is 62.9 Å².